The molecule has 0 bridgehead atoms. The van der Waals surface area contributed by atoms with Gasteiger partial charge in [-0.2, -0.15) is 9.97 Å². The number of para-hydroxylation sites is 2. The van der Waals surface area contributed by atoms with Crippen LogP contribution in [0.25, 0.3) is 11.1 Å². The van der Waals surface area contributed by atoms with Crippen molar-refractivity contribution >= 4 is 17.1 Å². The van der Waals surface area contributed by atoms with E-state index in [9.17, 15) is 0 Å². The number of ether oxygens (including phenoxy) is 1. The van der Waals surface area contributed by atoms with Gasteiger partial charge in [0.2, 0.25) is 0 Å². The minimum absolute atomic E-state index is 0.0224. The van der Waals surface area contributed by atoms with Crippen molar-refractivity contribution in [3.05, 3.63) is 36.0 Å². The molecule has 1 atom stereocenters. The highest BCUT2D eigenvalue weighted by molar-refractivity contribution is 5.74. The van der Waals surface area contributed by atoms with E-state index in [1.807, 2.05) is 24.3 Å². The molecular formula is C19H23N5O3. The number of fused-ring (bicyclic) bond motifs is 1. The van der Waals surface area contributed by atoms with E-state index in [0.29, 0.717) is 30.3 Å². The first-order valence-electron chi connectivity index (χ1n) is 9.63. The number of nitrogens with zero attached hydrogens (tertiary/aromatic N) is 4. The highest BCUT2D eigenvalue weighted by Crippen LogP contribution is 2.27. The molecule has 2 aliphatic heterocycles. The van der Waals surface area contributed by atoms with Crippen LogP contribution in [0.4, 0.5) is 6.01 Å². The standard InChI is InChI=1S/C19H23N5O3/c1-2-5-15-14(4-1)21-19(26-15)24-9-7-13(8-10-24)20-12-17-22-18(27-23-17)16-6-3-11-25-16/h1-2,4-5,13,16,20H,3,6-12H2/t16-/m1/s1. The van der Waals surface area contributed by atoms with Crippen LogP contribution in [0.3, 0.4) is 0 Å². The Morgan fingerprint density at radius 2 is 2.00 bits per heavy atom. The van der Waals surface area contributed by atoms with Crippen molar-refractivity contribution in [2.45, 2.75) is 44.4 Å². The summed E-state index contributed by atoms with van der Waals surface area (Å²) in [5.41, 5.74) is 1.75. The van der Waals surface area contributed by atoms with E-state index in [1.165, 1.54) is 0 Å². The Balaban J connectivity index is 1.13. The van der Waals surface area contributed by atoms with Crippen molar-refractivity contribution in [1.82, 2.24) is 20.4 Å². The zero-order valence-corrected chi connectivity index (χ0v) is 15.1. The molecule has 142 valence electrons. The van der Waals surface area contributed by atoms with Crippen LogP contribution in [-0.4, -0.2) is 40.9 Å². The Kier molecular flexibility index (Phi) is 4.51. The fourth-order valence-corrected chi connectivity index (χ4v) is 3.75. The van der Waals surface area contributed by atoms with E-state index >= 15 is 0 Å². The summed E-state index contributed by atoms with van der Waals surface area (Å²) in [6, 6.07) is 9.02. The number of hydrogen-bond acceptors (Lipinski definition) is 8. The monoisotopic (exact) mass is 369 g/mol. The first-order valence-corrected chi connectivity index (χ1v) is 9.63. The van der Waals surface area contributed by atoms with Crippen molar-refractivity contribution in [3.8, 4) is 0 Å². The van der Waals surface area contributed by atoms with Gasteiger partial charge in [-0.05, 0) is 37.8 Å². The fraction of sp³-hybridized carbons (Fsp3) is 0.526. The maximum Gasteiger partial charge on any atom is 0.298 e. The van der Waals surface area contributed by atoms with Gasteiger partial charge in [-0.25, -0.2) is 0 Å². The molecule has 2 fully saturated rings. The van der Waals surface area contributed by atoms with Crippen molar-refractivity contribution < 1.29 is 13.7 Å². The fourth-order valence-electron chi connectivity index (χ4n) is 3.75. The van der Waals surface area contributed by atoms with Gasteiger partial charge in [0, 0.05) is 25.7 Å². The van der Waals surface area contributed by atoms with Crippen LogP contribution in [0.1, 0.15) is 43.5 Å². The second-order valence-corrected chi connectivity index (χ2v) is 7.16. The molecule has 1 aromatic carbocycles. The highest BCUT2D eigenvalue weighted by atomic mass is 16.5. The lowest BCUT2D eigenvalue weighted by Crippen LogP contribution is -2.42. The molecule has 8 nitrogen and oxygen atoms in total. The summed E-state index contributed by atoms with van der Waals surface area (Å²) in [7, 11) is 0. The van der Waals surface area contributed by atoms with Crippen molar-refractivity contribution in [1.29, 1.82) is 0 Å². The Labute approximate surface area is 156 Å². The van der Waals surface area contributed by atoms with E-state index in [4.69, 9.17) is 13.7 Å². The van der Waals surface area contributed by atoms with Crippen LogP contribution < -0.4 is 10.2 Å². The first-order chi connectivity index (χ1) is 13.3. The summed E-state index contributed by atoms with van der Waals surface area (Å²) in [6.07, 6.45) is 4.04. The maximum atomic E-state index is 5.87. The zero-order chi connectivity index (χ0) is 18.1. The molecule has 0 amide bonds. The normalized spacial score (nSPS) is 21.3. The van der Waals surface area contributed by atoms with Gasteiger partial charge in [0.15, 0.2) is 11.4 Å². The molecule has 2 aliphatic rings. The number of hydrogen-bond donors (Lipinski definition) is 1. The smallest absolute Gasteiger partial charge is 0.298 e. The molecular weight excluding hydrogens is 346 g/mol. The van der Waals surface area contributed by atoms with Crippen LogP contribution in [0, 0.1) is 0 Å². The Hall–Kier alpha value is -2.45. The van der Waals surface area contributed by atoms with E-state index in [1.54, 1.807) is 0 Å². The summed E-state index contributed by atoms with van der Waals surface area (Å²) in [6.45, 7) is 3.22. The number of oxazole rings is 1. The minimum Gasteiger partial charge on any atom is -0.423 e. The van der Waals surface area contributed by atoms with Crippen LogP contribution in [0.15, 0.2) is 33.2 Å². The molecule has 1 N–H and O–H groups in total. The second kappa shape index (κ2) is 7.28. The predicted molar refractivity (Wildman–Crippen MR) is 98.3 cm³/mol. The average molecular weight is 369 g/mol. The van der Waals surface area contributed by atoms with Crippen molar-refractivity contribution in [2.75, 3.05) is 24.6 Å². The van der Waals surface area contributed by atoms with Gasteiger partial charge in [0.1, 0.15) is 11.6 Å². The number of rotatable bonds is 5. The van der Waals surface area contributed by atoms with Crippen molar-refractivity contribution in [3.63, 3.8) is 0 Å². The van der Waals surface area contributed by atoms with Gasteiger partial charge in [-0.3, -0.25) is 0 Å². The number of aromatic nitrogens is 3. The van der Waals surface area contributed by atoms with E-state index in [2.05, 4.69) is 25.3 Å². The quantitative estimate of drug-likeness (QED) is 0.734. The summed E-state index contributed by atoms with van der Waals surface area (Å²) in [5.74, 6) is 1.30. The van der Waals surface area contributed by atoms with Crippen molar-refractivity contribution in [2.24, 2.45) is 0 Å². The van der Waals surface area contributed by atoms with Crippen LogP contribution in [0.2, 0.25) is 0 Å². The van der Waals surface area contributed by atoms with Gasteiger partial charge in [0.05, 0.1) is 6.54 Å². The molecule has 2 saturated heterocycles. The molecule has 5 rings (SSSR count). The number of anilines is 1. The maximum absolute atomic E-state index is 5.87. The van der Waals surface area contributed by atoms with Gasteiger partial charge in [-0.1, -0.05) is 17.3 Å². The van der Waals surface area contributed by atoms with E-state index in [0.717, 1.165) is 56.5 Å². The zero-order valence-electron chi connectivity index (χ0n) is 15.1. The number of piperidine rings is 1. The summed E-state index contributed by atoms with van der Waals surface area (Å²) in [4.78, 5) is 11.3. The summed E-state index contributed by atoms with van der Waals surface area (Å²) >= 11 is 0. The van der Waals surface area contributed by atoms with E-state index < -0.39 is 0 Å². The third-order valence-electron chi connectivity index (χ3n) is 5.29. The Morgan fingerprint density at radius 3 is 2.81 bits per heavy atom. The number of benzene rings is 1. The van der Waals surface area contributed by atoms with Gasteiger partial charge in [-0.15, -0.1) is 0 Å². The van der Waals surface area contributed by atoms with Crippen LogP contribution >= 0.6 is 0 Å². The molecule has 27 heavy (non-hydrogen) atoms. The molecule has 0 unspecified atom stereocenters. The second-order valence-electron chi connectivity index (χ2n) is 7.16. The minimum atomic E-state index is -0.0224. The largest absolute Gasteiger partial charge is 0.423 e. The van der Waals surface area contributed by atoms with Crippen LogP contribution in [0.5, 0.6) is 0 Å². The lowest BCUT2D eigenvalue weighted by atomic mass is 10.1. The molecule has 0 saturated carbocycles. The first kappa shape index (κ1) is 16.7. The molecule has 0 aliphatic carbocycles. The highest BCUT2D eigenvalue weighted by Gasteiger charge is 2.25. The SMILES string of the molecule is c1ccc2oc(N3CCC(NCc4noc([C@H]5CCCO5)n4)CC3)nc2c1. The topological polar surface area (TPSA) is 89.5 Å². The summed E-state index contributed by atoms with van der Waals surface area (Å²) in [5, 5.41) is 7.60. The molecule has 2 aromatic heterocycles. The summed E-state index contributed by atoms with van der Waals surface area (Å²) < 4.78 is 16.8. The molecule has 0 radical (unpaired) electrons. The molecule has 8 heteroatoms. The van der Waals surface area contributed by atoms with Gasteiger partial charge < -0.3 is 23.9 Å². The number of nitrogens with one attached hydrogen (secondary N) is 1. The Morgan fingerprint density at radius 1 is 1.11 bits per heavy atom. The van der Waals surface area contributed by atoms with Gasteiger partial charge >= 0.3 is 0 Å². The lowest BCUT2D eigenvalue weighted by Gasteiger charge is -2.31. The molecule has 0 spiro atoms. The predicted octanol–water partition coefficient (Wildman–Crippen LogP) is 2.82. The average Bonchev–Trinajstić information content (AvgIpc) is 3.46. The molecule has 3 aromatic rings. The Bertz CT molecular complexity index is 861. The lowest BCUT2D eigenvalue weighted by molar-refractivity contribution is 0.0835. The third kappa shape index (κ3) is 3.54. The third-order valence-corrected chi connectivity index (χ3v) is 5.29. The molecule has 4 heterocycles. The van der Waals surface area contributed by atoms with Crippen LogP contribution in [-0.2, 0) is 11.3 Å². The van der Waals surface area contributed by atoms with Gasteiger partial charge in [0.25, 0.3) is 11.9 Å². The van der Waals surface area contributed by atoms with E-state index in [-0.39, 0.29) is 6.10 Å².